The monoisotopic (exact) mass is 541 g/mol. The van der Waals surface area contributed by atoms with Crippen molar-refractivity contribution >= 4 is 28.9 Å². The molecular weight excluding hydrogens is 502 g/mol. The highest BCUT2D eigenvalue weighted by Crippen LogP contribution is 2.54. The molecule has 1 saturated carbocycles. The highest BCUT2D eigenvalue weighted by molar-refractivity contribution is 6.24. The van der Waals surface area contributed by atoms with Crippen molar-refractivity contribution in [2.45, 2.75) is 57.6 Å². The van der Waals surface area contributed by atoms with Gasteiger partial charge in [-0.1, -0.05) is 20.3 Å². The predicted octanol–water partition coefficient (Wildman–Crippen LogP) is 2.01. The van der Waals surface area contributed by atoms with E-state index in [0.29, 0.717) is 23.5 Å². The van der Waals surface area contributed by atoms with Gasteiger partial charge in [0.1, 0.15) is 22.8 Å². The number of hydrogen-bond donors (Lipinski definition) is 5. The number of phenols is 1. The third-order valence-electron chi connectivity index (χ3n) is 8.49. The highest BCUT2D eigenvalue weighted by atomic mass is 16.3. The Balaban J connectivity index is 1.93. The molecule has 3 aliphatic rings. The number of hydrogen-bond acceptors (Lipinski definition) is 9. The molecule has 1 amide bonds. The molecule has 4 atom stereocenters. The summed E-state index contributed by atoms with van der Waals surface area (Å²) in [5.74, 6) is -5.89. The summed E-state index contributed by atoms with van der Waals surface area (Å²) in [5.41, 5.74) is 4.02. The SMILES string of the molecule is CC(C)CCCc1cc(N(C)C)c2c(c1O)C(O)=C1C(=O)C3(O)C(O)=C(C(N)=O)C(=O)C(N(C)C)C3CC1C2. The average molecular weight is 542 g/mol. The van der Waals surface area contributed by atoms with Crippen LogP contribution in [-0.4, -0.2) is 82.6 Å². The summed E-state index contributed by atoms with van der Waals surface area (Å²) in [5, 5.41) is 45.6. The van der Waals surface area contributed by atoms with E-state index in [1.165, 1.54) is 4.90 Å². The normalized spacial score (nSPS) is 26.6. The Morgan fingerprint density at radius 3 is 2.33 bits per heavy atom. The van der Waals surface area contributed by atoms with Crippen molar-refractivity contribution in [3.63, 3.8) is 0 Å². The maximum Gasteiger partial charge on any atom is 0.255 e. The van der Waals surface area contributed by atoms with Crippen LogP contribution < -0.4 is 10.6 Å². The first-order chi connectivity index (χ1) is 18.1. The van der Waals surface area contributed by atoms with Gasteiger partial charge in [0.05, 0.1) is 11.6 Å². The summed E-state index contributed by atoms with van der Waals surface area (Å²) in [6.07, 6.45) is 2.68. The number of nitrogens with zero attached hydrogens (tertiary/aromatic N) is 2. The molecule has 0 radical (unpaired) electrons. The number of likely N-dealkylation sites (N-methyl/N-ethyl adjacent to an activating group) is 1. The Morgan fingerprint density at radius 2 is 1.79 bits per heavy atom. The summed E-state index contributed by atoms with van der Waals surface area (Å²) >= 11 is 0. The molecule has 1 aromatic carbocycles. The summed E-state index contributed by atoms with van der Waals surface area (Å²) in [6, 6.07) is 0.807. The highest BCUT2D eigenvalue weighted by Gasteiger charge is 2.64. The number of rotatable bonds is 7. The number of nitrogens with two attached hydrogens (primary N) is 1. The second kappa shape index (κ2) is 9.98. The molecule has 0 aliphatic heterocycles. The van der Waals surface area contributed by atoms with Gasteiger partial charge in [-0.15, -0.1) is 0 Å². The molecular formula is C29H39N3O7. The first-order valence-corrected chi connectivity index (χ1v) is 13.3. The van der Waals surface area contributed by atoms with Crippen molar-refractivity contribution in [2.24, 2.45) is 23.5 Å². The molecule has 0 saturated heterocycles. The molecule has 1 aromatic rings. The number of carbonyl (C=O) groups is 3. The van der Waals surface area contributed by atoms with E-state index in [2.05, 4.69) is 13.8 Å². The number of ketones is 2. The fourth-order valence-corrected chi connectivity index (χ4v) is 6.64. The molecule has 6 N–H and O–H groups in total. The van der Waals surface area contributed by atoms with Crippen molar-refractivity contribution in [3.8, 4) is 5.75 Å². The van der Waals surface area contributed by atoms with Crippen LogP contribution in [0.3, 0.4) is 0 Å². The van der Waals surface area contributed by atoms with Crippen molar-refractivity contribution in [1.82, 2.24) is 4.90 Å². The second-order valence-electron chi connectivity index (χ2n) is 11.9. The largest absolute Gasteiger partial charge is 0.508 e. The molecule has 0 bridgehead atoms. The Bertz CT molecular complexity index is 1310. The van der Waals surface area contributed by atoms with Gasteiger partial charge in [-0.05, 0) is 68.8 Å². The van der Waals surface area contributed by atoms with Gasteiger partial charge in [0.25, 0.3) is 5.91 Å². The number of anilines is 1. The van der Waals surface area contributed by atoms with Crippen molar-refractivity contribution in [3.05, 3.63) is 39.7 Å². The molecule has 1 fully saturated rings. The average Bonchev–Trinajstić information content (AvgIpc) is 2.81. The fourth-order valence-electron chi connectivity index (χ4n) is 6.64. The maximum absolute atomic E-state index is 14.0. The van der Waals surface area contributed by atoms with E-state index >= 15 is 0 Å². The molecule has 3 aliphatic carbocycles. The third-order valence-corrected chi connectivity index (χ3v) is 8.49. The molecule has 39 heavy (non-hydrogen) atoms. The number of aryl methyl sites for hydroxylation is 1. The lowest BCUT2D eigenvalue weighted by atomic mass is 9.57. The number of carbonyl (C=O) groups excluding carboxylic acids is 3. The van der Waals surface area contributed by atoms with Crippen LogP contribution in [0.5, 0.6) is 5.75 Å². The van der Waals surface area contributed by atoms with E-state index in [4.69, 9.17) is 5.73 Å². The molecule has 0 spiro atoms. The van der Waals surface area contributed by atoms with E-state index in [1.807, 2.05) is 25.1 Å². The first-order valence-electron chi connectivity index (χ1n) is 13.3. The molecule has 0 heterocycles. The zero-order chi connectivity index (χ0) is 29.1. The van der Waals surface area contributed by atoms with Crippen molar-refractivity contribution < 1.29 is 34.8 Å². The van der Waals surface area contributed by atoms with Gasteiger partial charge in [-0.25, -0.2) is 0 Å². The van der Waals surface area contributed by atoms with Crippen LogP contribution in [0.25, 0.3) is 5.76 Å². The minimum atomic E-state index is -2.64. The van der Waals surface area contributed by atoms with Gasteiger partial charge in [0.2, 0.25) is 5.78 Å². The van der Waals surface area contributed by atoms with Gasteiger partial charge < -0.3 is 31.1 Å². The van der Waals surface area contributed by atoms with E-state index in [-0.39, 0.29) is 29.7 Å². The second-order valence-corrected chi connectivity index (χ2v) is 11.9. The Kier molecular flexibility index (Phi) is 7.33. The Hall–Kier alpha value is -3.37. The number of aromatic hydroxyl groups is 1. The lowest BCUT2D eigenvalue weighted by Gasteiger charge is -2.50. The zero-order valence-corrected chi connectivity index (χ0v) is 23.4. The Morgan fingerprint density at radius 1 is 1.15 bits per heavy atom. The smallest absolute Gasteiger partial charge is 0.255 e. The van der Waals surface area contributed by atoms with Gasteiger partial charge >= 0.3 is 0 Å². The van der Waals surface area contributed by atoms with Crippen molar-refractivity contribution in [1.29, 1.82) is 0 Å². The number of fused-ring (bicyclic) bond motifs is 3. The summed E-state index contributed by atoms with van der Waals surface area (Å²) in [4.78, 5) is 42.7. The number of Topliss-reactive ketones (excluding diaryl/α,β-unsaturated/α-hetero) is 2. The van der Waals surface area contributed by atoms with Crippen LogP contribution in [0.4, 0.5) is 5.69 Å². The van der Waals surface area contributed by atoms with Crippen molar-refractivity contribution in [2.75, 3.05) is 33.1 Å². The minimum absolute atomic E-state index is 0.0650. The van der Waals surface area contributed by atoms with Crippen LogP contribution in [-0.2, 0) is 27.2 Å². The number of phenolic OH excluding ortho intramolecular Hbond substituents is 1. The number of benzene rings is 1. The summed E-state index contributed by atoms with van der Waals surface area (Å²) in [6.45, 7) is 4.24. The molecule has 212 valence electrons. The summed E-state index contributed by atoms with van der Waals surface area (Å²) in [7, 11) is 6.89. The van der Waals surface area contributed by atoms with Gasteiger partial charge in [-0.2, -0.15) is 0 Å². The number of primary amides is 1. The van der Waals surface area contributed by atoms with Crippen LogP contribution in [0.1, 0.15) is 49.8 Å². The molecule has 0 aromatic heterocycles. The summed E-state index contributed by atoms with van der Waals surface area (Å²) < 4.78 is 0. The maximum atomic E-state index is 14.0. The van der Waals surface area contributed by atoms with Gasteiger partial charge in [0, 0.05) is 31.3 Å². The van der Waals surface area contributed by atoms with E-state index in [1.54, 1.807) is 14.1 Å². The van der Waals surface area contributed by atoms with Gasteiger partial charge in [-0.3, -0.25) is 19.3 Å². The molecule has 10 nitrogen and oxygen atoms in total. The Labute approximate surface area is 228 Å². The van der Waals surface area contributed by atoms with Crippen LogP contribution in [0, 0.1) is 17.8 Å². The lowest BCUT2D eigenvalue weighted by molar-refractivity contribution is -0.153. The number of aliphatic hydroxyl groups excluding tert-OH is 2. The molecule has 10 heteroatoms. The lowest BCUT2D eigenvalue weighted by Crippen LogP contribution is -2.65. The minimum Gasteiger partial charge on any atom is -0.508 e. The van der Waals surface area contributed by atoms with Crippen LogP contribution in [0.15, 0.2) is 23.0 Å². The number of aliphatic hydroxyl groups is 3. The van der Waals surface area contributed by atoms with E-state index in [0.717, 1.165) is 18.5 Å². The number of amides is 1. The van der Waals surface area contributed by atoms with Crippen LogP contribution >= 0.6 is 0 Å². The topological polar surface area (TPSA) is 165 Å². The van der Waals surface area contributed by atoms with Gasteiger partial charge in [0.15, 0.2) is 11.4 Å². The third kappa shape index (κ3) is 4.30. The van der Waals surface area contributed by atoms with E-state index in [9.17, 15) is 34.8 Å². The molecule has 4 unspecified atom stereocenters. The standard InChI is InChI=1S/C29H39N3O7/c1-13(2)8-7-9-14-12-18(31(3)4)16-10-15-11-17-22(32(5)6)25(35)21(28(30)38)27(37)29(17,39)26(36)19(15)24(34)20(16)23(14)33/h12-13,15,17,22,33-34,37,39H,7-11H2,1-6H3,(H2,30,38). The quantitative estimate of drug-likeness (QED) is 0.325. The zero-order valence-electron chi connectivity index (χ0n) is 23.4. The predicted molar refractivity (Wildman–Crippen MR) is 146 cm³/mol. The van der Waals surface area contributed by atoms with Crippen LogP contribution in [0.2, 0.25) is 0 Å². The molecule has 4 rings (SSSR count). The first kappa shape index (κ1) is 28.6. The van der Waals surface area contributed by atoms with E-state index < -0.39 is 58.0 Å². The fraction of sp³-hybridized carbons (Fsp3) is 0.552.